The summed E-state index contributed by atoms with van der Waals surface area (Å²) in [4.78, 5) is 24.9. The van der Waals surface area contributed by atoms with Crippen LogP contribution in [0.1, 0.15) is 26.3 Å². The molecule has 0 unspecified atom stereocenters. The first-order chi connectivity index (χ1) is 14.1. The van der Waals surface area contributed by atoms with Crippen molar-refractivity contribution in [2.45, 2.75) is 6.54 Å². The zero-order valence-corrected chi connectivity index (χ0v) is 16.3. The number of carbonyl (C=O) groups excluding carboxylic acids is 2. The van der Waals surface area contributed by atoms with Crippen LogP contribution in [-0.2, 0) is 6.54 Å². The van der Waals surface area contributed by atoms with E-state index in [1.54, 1.807) is 50.6 Å². The van der Waals surface area contributed by atoms with Gasteiger partial charge in [0.15, 0.2) is 0 Å². The predicted octanol–water partition coefficient (Wildman–Crippen LogP) is 3.89. The molecule has 0 fully saturated rings. The number of anilines is 1. The fourth-order valence-corrected chi connectivity index (χ4v) is 2.84. The van der Waals surface area contributed by atoms with Gasteiger partial charge in [-0.05, 0) is 42.5 Å². The van der Waals surface area contributed by atoms with Crippen LogP contribution in [0.2, 0.25) is 0 Å². The molecule has 2 amide bonds. The third kappa shape index (κ3) is 4.93. The molecule has 0 spiro atoms. The second-order valence-corrected chi connectivity index (χ2v) is 6.23. The molecular weight excluding hydrogens is 368 g/mol. The highest BCUT2D eigenvalue weighted by Crippen LogP contribution is 2.23. The summed E-state index contributed by atoms with van der Waals surface area (Å²) >= 11 is 0. The largest absolute Gasteiger partial charge is 0.496 e. The van der Waals surface area contributed by atoms with E-state index in [9.17, 15) is 9.59 Å². The monoisotopic (exact) mass is 390 g/mol. The van der Waals surface area contributed by atoms with Crippen molar-refractivity contribution < 1.29 is 19.1 Å². The molecule has 0 atom stereocenters. The molecule has 0 radical (unpaired) electrons. The minimum Gasteiger partial charge on any atom is -0.496 e. The normalized spacial score (nSPS) is 10.1. The molecule has 148 valence electrons. The van der Waals surface area contributed by atoms with E-state index in [0.29, 0.717) is 29.1 Å². The standard InChI is InChI=1S/C23H22N2O4/c1-28-20-9-5-3-7-18(20)15-24-22(26)16-11-13-17(14-12-16)23(27)25-19-8-4-6-10-21(19)29-2/h3-14H,15H2,1-2H3,(H,24,26)(H,25,27). The summed E-state index contributed by atoms with van der Waals surface area (Å²) in [5.41, 5.74) is 2.38. The second kappa shape index (κ2) is 9.41. The molecule has 0 aromatic heterocycles. The van der Waals surface area contributed by atoms with Gasteiger partial charge in [0.2, 0.25) is 0 Å². The highest BCUT2D eigenvalue weighted by molar-refractivity contribution is 6.05. The molecule has 0 heterocycles. The average molecular weight is 390 g/mol. The number of rotatable bonds is 7. The molecule has 6 heteroatoms. The van der Waals surface area contributed by atoms with Gasteiger partial charge in [0.05, 0.1) is 19.9 Å². The van der Waals surface area contributed by atoms with Gasteiger partial charge in [-0.3, -0.25) is 9.59 Å². The number of hydrogen-bond acceptors (Lipinski definition) is 4. The number of methoxy groups -OCH3 is 2. The molecule has 0 saturated heterocycles. The Morgan fingerprint density at radius 1 is 0.724 bits per heavy atom. The molecule has 0 aliphatic heterocycles. The van der Waals surface area contributed by atoms with E-state index < -0.39 is 0 Å². The maximum atomic E-state index is 12.5. The summed E-state index contributed by atoms with van der Waals surface area (Å²) in [6.45, 7) is 0.346. The topological polar surface area (TPSA) is 76.7 Å². The van der Waals surface area contributed by atoms with E-state index in [2.05, 4.69) is 10.6 Å². The van der Waals surface area contributed by atoms with Gasteiger partial charge in [-0.1, -0.05) is 30.3 Å². The molecule has 2 N–H and O–H groups in total. The quantitative estimate of drug-likeness (QED) is 0.642. The number of para-hydroxylation sites is 3. The van der Waals surface area contributed by atoms with Gasteiger partial charge in [-0.2, -0.15) is 0 Å². The van der Waals surface area contributed by atoms with Crippen LogP contribution in [0, 0.1) is 0 Å². The zero-order valence-electron chi connectivity index (χ0n) is 16.3. The Hall–Kier alpha value is -3.80. The lowest BCUT2D eigenvalue weighted by Crippen LogP contribution is -2.23. The fraction of sp³-hybridized carbons (Fsp3) is 0.130. The van der Waals surface area contributed by atoms with Crippen LogP contribution in [0.25, 0.3) is 0 Å². The van der Waals surface area contributed by atoms with Crippen molar-refractivity contribution in [1.29, 1.82) is 0 Å². The lowest BCUT2D eigenvalue weighted by Gasteiger charge is -2.11. The second-order valence-electron chi connectivity index (χ2n) is 6.23. The third-order valence-corrected chi connectivity index (χ3v) is 4.40. The SMILES string of the molecule is COc1ccccc1CNC(=O)c1ccc(C(=O)Nc2ccccc2OC)cc1. The van der Waals surface area contributed by atoms with Gasteiger partial charge in [-0.25, -0.2) is 0 Å². The van der Waals surface area contributed by atoms with Crippen molar-refractivity contribution >= 4 is 17.5 Å². The first kappa shape index (κ1) is 19.9. The van der Waals surface area contributed by atoms with E-state index >= 15 is 0 Å². The molecule has 6 nitrogen and oxygen atoms in total. The van der Waals surface area contributed by atoms with Crippen LogP contribution in [0.5, 0.6) is 11.5 Å². The molecule has 3 rings (SSSR count). The summed E-state index contributed by atoms with van der Waals surface area (Å²) in [5, 5.41) is 5.66. The third-order valence-electron chi connectivity index (χ3n) is 4.40. The van der Waals surface area contributed by atoms with E-state index in [1.807, 2.05) is 36.4 Å². The number of benzene rings is 3. The smallest absolute Gasteiger partial charge is 0.255 e. The molecule has 0 aliphatic carbocycles. The van der Waals surface area contributed by atoms with Crippen LogP contribution in [0.3, 0.4) is 0 Å². The number of carbonyl (C=O) groups is 2. The zero-order chi connectivity index (χ0) is 20.6. The van der Waals surface area contributed by atoms with Gasteiger partial charge in [-0.15, -0.1) is 0 Å². The lowest BCUT2D eigenvalue weighted by molar-refractivity contribution is 0.0949. The Kier molecular flexibility index (Phi) is 6.47. The molecule has 0 bridgehead atoms. The lowest BCUT2D eigenvalue weighted by atomic mass is 10.1. The van der Waals surface area contributed by atoms with Crippen molar-refractivity contribution in [2.75, 3.05) is 19.5 Å². The first-order valence-electron chi connectivity index (χ1n) is 9.07. The van der Waals surface area contributed by atoms with Gasteiger partial charge in [0.1, 0.15) is 11.5 Å². The van der Waals surface area contributed by atoms with E-state index in [0.717, 1.165) is 11.3 Å². The van der Waals surface area contributed by atoms with E-state index in [-0.39, 0.29) is 11.8 Å². The summed E-state index contributed by atoms with van der Waals surface area (Å²) in [5.74, 6) is 0.785. The Labute approximate surface area is 169 Å². The van der Waals surface area contributed by atoms with Crippen LogP contribution in [-0.4, -0.2) is 26.0 Å². The number of nitrogens with one attached hydrogen (secondary N) is 2. The van der Waals surface area contributed by atoms with Crippen LogP contribution in [0.15, 0.2) is 72.8 Å². The summed E-state index contributed by atoms with van der Waals surface area (Å²) in [7, 11) is 3.14. The predicted molar refractivity (Wildman–Crippen MR) is 112 cm³/mol. The molecule has 3 aromatic carbocycles. The molecule has 3 aromatic rings. The van der Waals surface area contributed by atoms with Gasteiger partial charge in [0, 0.05) is 23.2 Å². The van der Waals surface area contributed by atoms with Crippen LogP contribution < -0.4 is 20.1 Å². The Morgan fingerprint density at radius 2 is 1.28 bits per heavy atom. The van der Waals surface area contributed by atoms with Crippen molar-refractivity contribution in [3.8, 4) is 11.5 Å². The Bertz CT molecular complexity index is 1000. The van der Waals surface area contributed by atoms with Gasteiger partial charge in [0.25, 0.3) is 11.8 Å². The molecule has 29 heavy (non-hydrogen) atoms. The fourth-order valence-electron chi connectivity index (χ4n) is 2.84. The minimum absolute atomic E-state index is 0.229. The Balaban J connectivity index is 1.63. The summed E-state index contributed by atoms with van der Waals surface area (Å²) < 4.78 is 10.5. The Morgan fingerprint density at radius 3 is 1.93 bits per heavy atom. The van der Waals surface area contributed by atoms with E-state index in [1.165, 1.54) is 0 Å². The van der Waals surface area contributed by atoms with Gasteiger partial charge >= 0.3 is 0 Å². The number of ether oxygens (including phenoxy) is 2. The van der Waals surface area contributed by atoms with Crippen molar-refractivity contribution in [2.24, 2.45) is 0 Å². The summed E-state index contributed by atoms with van der Waals surface area (Å²) in [6, 6.07) is 21.1. The maximum absolute atomic E-state index is 12.5. The van der Waals surface area contributed by atoms with Crippen molar-refractivity contribution in [1.82, 2.24) is 5.32 Å². The number of amides is 2. The molecular formula is C23H22N2O4. The highest BCUT2D eigenvalue weighted by atomic mass is 16.5. The summed E-state index contributed by atoms with van der Waals surface area (Å²) in [6.07, 6.45) is 0. The maximum Gasteiger partial charge on any atom is 0.255 e. The van der Waals surface area contributed by atoms with Crippen LogP contribution >= 0.6 is 0 Å². The van der Waals surface area contributed by atoms with Crippen LogP contribution in [0.4, 0.5) is 5.69 Å². The number of hydrogen-bond donors (Lipinski definition) is 2. The van der Waals surface area contributed by atoms with Crippen molar-refractivity contribution in [3.05, 3.63) is 89.5 Å². The molecule has 0 aliphatic rings. The van der Waals surface area contributed by atoms with Crippen molar-refractivity contribution in [3.63, 3.8) is 0 Å². The minimum atomic E-state index is -0.282. The molecule has 0 saturated carbocycles. The van der Waals surface area contributed by atoms with Gasteiger partial charge < -0.3 is 20.1 Å². The first-order valence-corrected chi connectivity index (χ1v) is 9.07. The van der Waals surface area contributed by atoms with E-state index in [4.69, 9.17) is 9.47 Å². The average Bonchev–Trinajstić information content (AvgIpc) is 2.78. The highest BCUT2D eigenvalue weighted by Gasteiger charge is 2.12.